The second-order valence-electron chi connectivity index (χ2n) is 6.38. The summed E-state index contributed by atoms with van der Waals surface area (Å²) in [7, 11) is 0. The van der Waals surface area contributed by atoms with E-state index in [1.54, 1.807) is 0 Å². The van der Waals surface area contributed by atoms with Crippen LogP contribution in [0.2, 0.25) is 0 Å². The van der Waals surface area contributed by atoms with Gasteiger partial charge in [0.05, 0.1) is 0 Å². The summed E-state index contributed by atoms with van der Waals surface area (Å²) in [6, 6.07) is 0.751. The lowest BCUT2D eigenvalue weighted by Gasteiger charge is -2.26. The third-order valence-corrected chi connectivity index (χ3v) is 3.05. The van der Waals surface area contributed by atoms with Gasteiger partial charge < -0.3 is 5.32 Å². The summed E-state index contributed by atoms with van der Waals surface area (Å²) in [4.78, 5) is 0. The van der Waals surface area contributed by atoms with Crippen molar-refractivity contribution in [3.63, 3.8) is 0 Å². The van der Waals surface area contributed by atoms with Crippen LogP contribution in [0.3, 0.4) is 0 Å². The van der Waals surface area contributed by atoms with Gasteiger partial charge in [-0.15, -0.1) is 0 Å². The molecule has 0 aromatic carbocycles. The molecule has 0 radical (unpaired) electrons. The van der Waals surface area contributed by atoms with Gasteiger partial charge in [-0.1, -0.05) is 27.7 Å². The first-order chi connectivity index (χ1) is 5.73. The highest BCUT2D eigenvalue weighted by Crippen LogP contribution is 2.38. The van der Waals surface area contributed by atoms with Gasteiger partial charge >= 0.3 is 0 Å². The summed E-state index contributed by atoms with van der Waals surface area (Å²) in [5.41, 5.74) is 0.911. The summed E-state index contributed by atoms with van der Waals surface area (Å²) in [5, 5.41) is 3.54. The van der Waals surface area contributed by atoms with Crippen LogP contribution >= 0.6 is 0 Å². The molecule has 0 aromatic rings. The Morgan fingerprint density at radius 2 is 1.77 bits per heavy atom. The summed E-state index contributed by atoms with van der Waals surface area (Å²) >= 11 is 0. The molecule has 13 heavy (non-hydrogen) atoms. The molecule has 0 bridgehead atoms. The second kappa shape index (κ2) is 3.27. The molecule has 1 aliphatic rings. The van der Waals surface area contributed by atoms with E-state index in [4.69, 9.17) is 0 Å². The molecule has 1 saturated heterocycles. The molecule has 1 aliphatic heterocycles. The zero-order valence-electron chi connectivity index (χ0n) is 10.1. The van der Waals surface area contributed by atoms with Gasteiger partial charge in [-0.3, -0.25) is 0 Å². The minimum Gasteiger partial charge on any atom is -0.306 e. The van der Waals surface area contributed by atoms with E-state index in [1.165, 1.54) is 12.8 Å². The Kier molecular flexibility index (Phi) is 2.78. The molecule has 0 amide bonds. The number of hydrogen-bond donors (Lipinski definition) is 1. The van der Waals surface area contributed by atoms with E-state index in [2.05, 4.69) is 46.9 Å². The van der Waals surface area contributed by atoms with Gasteiger partial charge in [-0.2, -0.15) is 0 Å². The SMILES string of the molecule is CC(C)CC(C)(C)CC1NC1(C)C. The van der Waals surface area contributed by atoms with Gasteiger partial charge in [-0.05, 0) is 38.0 Å². The molecule has 1 fully saturated rings. The minimum absolute atomic E-state index is 0.411. The monoisotopic (exact) mass is 183 g/mol. The molecule has 1 N–H and O–H groups in total. The van der Waals surface area contributed by atoms with Crippen LogP contribution in [0.25, 0.3) is 0 Å². The quantitative estimate of drug-likeness (QED) is 0.664. The van der Waals surface area contributed by atoms with Crippen LogP contribution < -0.4 is 5.32 Å². The van der Waals surface area contributed by atoms with E-state index >= 15 is 0 Å². The molecular weight excluding hydrogens is 158 g/mol. The number of nitrogens with one attached hydrogen (secondary N) is 1. The molecule has 1 heteroatoms. The van der Waals surface area contributed by atoms with Crippen molar-refractivity contribution >= 4 is 0 Å². The highest BCUT2D eigenvalue weighted by molar-refractivity contribution is 5.09. The van der Waals surface area contributed by atoms with Gasteiger partial charge in [0, 0.05) is 11.6 Å². The Balaban J connectivity index is 2.35. The Labute approximate surface area is 83.3 Å². The highest BCUT2D eigenvalue weighted by atomic mass is 15.2. The fourth-order valence-corrected chi connectivity index (χ4v) is 2.45. The summed E-state index contributed by atoms with van der Waals surface area (Å²) in [6.07, 6.45) is 2.65. The van der Waals surface area contributed by atoms with Crippen molar-refractivity contribution in [1.82, 2.24) is 5.32 Å². The molecule has 1 atom stereocenters. The van der Waals surface area contributed by atoms with E-state index in [9.17, 15) is 0 Å². The van der Waals surface area contributed by atoms with Crippen LogP contribution in [0.1, 0.15) is 54.4 Å². The molecule has 1 rings (SSSR count). The molecule has 0 saturated carbocycles. The predicted molar refractivity (Wildman–Crippen MR) is 58.9 cm³/mol. The van der Waals surface area contributed by atoms with Crippen molar-refractivity contribution in [1.29, 1.82) is 0 Å². The maximum atomic E-state index is 3.54. The Hall–Kier alpha value is -0.0400. The van der Waals surface area contributed by atoms with Gasteiger partial charge in [-0.25, -0.2) is 0 Å². The van der Waals surface area contributed by atoms with Gasteiger partial charge in [0.15, 0.2) is 0 Å². The summed E-state index contributed by atoms with van der Waals surface area (Å²) in [5.74, 6) is 0.817. The maximum absolute atomic E-state index is 3.54. The van der Waals surface area contributed by atoms with Crippen molar-refractivity contribution in [2.24, 2.45) is 11.3 Å². The Morgan fingerprint density at radius 1 is 1.31 bits per heavy atom. The second-order valence-corrected chi connectivity index (χ2v) is 6.38. The van der Waals surface area contributed by atoms with Crippen LogP contribution in [0, 0.1) is 11.3 Å². The molecule has 1 unspecified atom stereocenters. The fraction of sp³-hybridized carbons (Fsp3) is 1.00. The van der Waals surface area contributed by atoms with Crippen LogP contribution in [0.5, 0.6) is 0 Å². The minimum atomic E-state index is 0.411. The maximum Gasteiger partial charge on any atom is 0.0281 e. The number of rotatable bonds is 4. The molecule has 0 spiro atoms. The van der Waals surface area contributed by atoms with Crippen LogP contribution in [-0.2, 0) is 0 Å². The standard InChI is InChI=1S/C12H25N/c1-9(2)7-11(3,4)8-10-12(5,6)13-10/h9-10,13H,7-8H2,1-6H3. The van der Waals surface area contributed by atoms with Crippen LogP contribution in [-0.4, -0.2) is 11.6 Å². The summed E-state index contributed by atoms with van der Waals surface area (Å²) < 4.78 is 0. The van der Waals surface area contributed by atoms with Gasteiger partial charge in [0.2, 0.25) is 0 Å². The smallest absolute Gasteiger partial charge is 0.0281 e. The normalized spacial score (nSPS) is 26.5. The Bertz CT molecular complexity index is 180. The first-order valence-electron chi connectivity index (χ1n) is 5.51. The van der Waals surface area contributed by atoms with Crippen molar-refractivity contribution in [2.75, 3.05) is 0 Å². The topological polar surface area (TPSA) is 21.9 Å². The van der Waals surface area contributed by atoms with E-state index in [1.807, 2.05) is 0 Å². The molecule has 1 heterocycles. The molecule has 0 aliphatic carbocycles. The summed E-state index contributed by atoms with van der Waals surface area (Å²) in [6.45, 7) is 14.0. The molecule has 0 aromatic heterocycles. The van der Waals surface area contributed by atoms with Crippen molar-refractivity contribution in [3.8, 4) is 0 Å². The fourth-order valence-electron chi connectivity index (χ4n) is 2.45. The lowest BCUT2D eigenvalue weighted by molar-refractivity contribution is 0.261. The first-order valence-corrected chi connectivity index (χ1v) is 5.51. The zero-order chi connectivity index (χ0) is 10.3. The van der Waals surface area contributed by atoms with Crippen LogP contribution in [0.15, 0.2) is 0 Å². The highest BCUT2D eigenvalue weighted by Gasteiger charge is 2.46. The van der Waals surface area contributed by atoms with Crippen molar-refractivity contribution in [2.45, 2.75) is 66.0 Å². The number of hydrogen-bond acceptors (Lipinski definition) is 1. The van der Waals surface area contributed by atoms with Crippen LogP contribution in [0.4, 0.5) is 0 Å². The van der Waals surface area contributed by atoms with E-state index < -0.39 is 0 Å². The van der Waals surface area contributed by atoms with Crippen molar-refractivity contribution in [3.05, 3.63) is 0 Å². The molecule has 1 nitrogen and oxygen atoms in total. The molecular formula is C12H25N. The third-order valence-electron chi connectivity index (χ3n) is 3.05. The van der Waals surface area contributed by atoms with Gasteiger partial charge in [0.25, 0.3) is 0 Å². The lowest BCUT2D eigenvalue weighted by Crippen LogP contribution is -2.19. The average Bonchev–Trinajstić information content (AvgIpc) is 2.32. The third kappa shape index (κ3) is 3.30. The van der Waals surface area contributed by atoms with E-state index in [0.29, 0.717) is 11.0 Å². The van der Waals surface area contributed by atoms with E-state index in [-0.39, 0.29) is 0 Å². The zero-order valence-corrected chi connectivity index (χ0v) is 10.1. The van der Waals surface area contributed by atoms with Crippen molar-refractivity contribution < 1.29 is 0 Å². The lowest BCUT2D eigenvalue weighted by atomic mass is 9.79. The first kappa shape index (κ1) is 11.0. The largest absolute Gasteiger partial charge is 0.306 e. The van der Waals surface area contributed by atoms with E-state index in [0.717, 1.165) is 12.0 Å². The Morgan fingerprint density at radius 3 is 2.08 bits per heavy atom. The predicted octanol–water partition coefficient (Wildman–Crippen LogP) is 3.20. The van der Waals surface area contributed by atoms with Gasteiger partial charge in [0.1, 0.15) is 0 Å². The average molecular weight is 183 g/mol. The molecule has 78 valence electrons.